The molecule has 4 heteroatoms. The highest BCUT2D eigenvalue weighted by atomic mass is 32.1. The van der Waals surface area contributed by atoms with E-state index in [4.69, 9.17) is 18.0 Å². The lowest BCUT2D eigenvalue weighted by molar-refractivity contribution is -0.146. The van der Waals surface area contributed by atoms with Gasteiger partial charge in [0.2, 0.25) is 5.91 Å². The number of hydrogen-bond donors (Lipinski definition) is 1. The number of thiocarbonyl (C=S) groups is 1. The molecule has 17 heavy (non-hydrogen) atoms. The molecule has 1 saturated heterocycles. The van der Waals surface area contributed by atoms with Crippen LogP contribution in [0.4, 0.5) is 0 Å². The summed E-state index contributed by atoms with van der Waals surface area (Å²) in [6.07, 6.45) is 4.96. The molecule has 0 aromatic rings. The monoisotopic (exact) mass is 254 g/mol. The van der Waals surface area contributed by atoms with Crippen LogP contribution in [0.5, 0.6) is 0 Å². The summed E-state index contributed by atoms with van der Waals surface area (Å²) in [5.74, 6) is 0.909. The zero-order valence-corrected chi connectivity index (χ0v) is 11.6. The third-order valence-electron chi connectivity index (χ3n) is 4.49. The fourth-order valence-corrected chi connectivity index (χ4v) is 3.37. The predicted octanol–water partition coefficient (Wildman–Crippen LogP) is 2.09. The molecule has 1 saturated carbocycles. The molecule has 2 atom stereocenters. The standard InChI is InChI=1S/C13H22N2OS/c1-9-4-7-15(10(2)8-9)12(16)13(11(14)17)5-3-6-13/h9-10H,3-8H2,1-2H3,(H2,14,17). The average molecular weight is 254 g/mol. The van der Waals surface area contributed by atoms with Crippen LogP contribution in [0.2, 0.25) is 0 Å². The van der Waals surface area contributed by atoms with Crippen molar-refractivity contribution in [3.8, 4) is 0 Å². The lowest BCUT2D eigenvalue weighted by Crippen LogP contribution is -2.57. The highest BCUT2D eigenvalue weighted by Crippen LogP contribution is 2.44. The van der Waals surface area contributed by atoms with Crippen LogP contribution in [-0.4, -0.2) is 28.4 Å². The Balaban J connectivity index is 2.11. The zero-order chi connectivity index (χ0) is 12.6. The first-order valence-electron chi connectivity index (χ1n) is 6.58. The molecule has 0 bridgehead atoms. The highest BCUT2D eigenvalue weighted by molar-refractivity contribution is 7.80. The minimum Gasteiger partial charge on any atom is -0.392 e. The van der Waals surface area contributed by atoms with Crippen molar-refractivity contribution in [3.05, 3.63) is 0 Å². The fraction of sp³-hybridized carbons (Fsp3) is 0.846. The van der Waals surface area contributed by atoms with E-state index < -0.39 is 5.41 Å². The van der Waals surface area contributed by atoms with Crippen LogP contribution < -0.4 is 5.73 Å². The summed E-state index contributed by atoms with van der Waals surface area (Å²) in [7, 11) is 0. The molecule has 3 nitrogen and oxygen atoms in total. The second kappa shape index (κ2) is 4.56. The van der Waals surface area contributed by atoms with Crippen LogP contribution in [-0.2, 0) is 4.79 Å². The number of rotatable bonds is 2. The molecule has 1 aliphatic heterocycles. The Morgan fingerprint density at radius 2 is 2.06 bits per heavy atom. The SMILES string of the molecule is CC1CCN(C(=O)C2(C(N)=S)CCC2)C(C)C1. The van der Waals surface area contributed by atoms with Crippen molar-refractivity contribution in [2.75, 3.05) is 6.54 Å². The van der Waals surface area contributed by atoms with Gasteiger partial charge in [-0.3, -0.25) is 4.79 Å². The molecule has 2 rings (SSSR count). The number of likely N-dealkylation sites (tertiary alicyclic amines) is 1. The molecule has 1 heterocycles. The van der Waals surface area contributed by atoms with Crippen molar-refractivity contribution in [2.45, 2.75) is 52.0 Å². The van der Waals surface area contributed by atoms with E-state index in [1.165, 1.54) is 0 Å². The number of hydrogen-bond acceptors (Lipinski definition) is 2. The molecule has 0 radical (unpaired) electrons. The van der Waals surface area contributed by atoms with E-state index >= 15 is 0 Å². The van der Waals surface area contributed by atoms with Gasteiger partial charge in [-0.1, -0.05) is 25.6 Å². The average Bonchev–Trinajstić information content (AvgIpc) is 2.14. The lowest BCUT2D eigenvalue weighted by atomic mass is 9.67. The minimum absolute atomic E-state index is 0.190. The van der Waals surface area contributed by atoms with Crippen molar-refractivity contribution >= 4 is 23.1 Å². The minimum atomic E-state index is -0.496. The summed E-state index contributed by atoms with van der Waals surface area (Å²) in [5.41, 5.74) is 5.30. The van der Waals surface area contributed by atoms with Gasteiger partial charge in [-0.05, 0) is 38.5 Å². The van der Waals surface area contributed by atoms with E-state index in [-0.39, 0.29) is 5.91 Å². The molecule has 2 aliphatic rings. The normalized spacial score (nSPS) is 31.8. The van der Waals surface area contributed by atoms with Crippen molar-refractivity contribution in [2.24, 2.45) is 17.1 Å². The molecule has 2 unspecified atom stereocenters. The molecule has 2 N–H and O–H groups in total. The van der Waals surface area contributed by atoms with Gasteiger partial charge in [-0.2, -0.15) is 0 Å². The molecule has 0 spiro atoms. The van der Waals surface area contributed by atoms with Gasteiger partial charge in [0.05, 0.1) is 10.4 Å². The maximum atomic E-state index is 12.6. The van der Waals surface area contributed by atoms with E-state index in [0.717, 1.165) is 44.6 Å². The van der Waals surface area contributed by atoms with E-state index in [2.05, 4.69) is 13.8 Å². The molecular weight excluding hydrogens is 232 g/mol. The van der Waals surface area contributed by atoms with Crippen molar-refractivity contribution in [1.82, 2.24) is 4.90 Å². The van der Waals surface area contributed by atoms with Crippen LogP contribution in [0.3, 0.4) is 0 Å². The maximum Gasteiger partial charge on any atom is 0.235 e. The topological polar surface area (TPSA) is 46.3 Å². The number of nitrogens with zero attached hydrogens (tertiary/aromatic N) is 1. The second-order valence-corrected chi connectivity index (χ2v) is 6.22. The van der Waals surface area contributed by atoms with Crippen molar-refractivity contribution < 1.29 is 4.79 Å². The molecule has 0 aromatic carbocycles. The maximum absolute atomic E-state index is 12.6. The van der Waals surface area contributed by atoms with Gasteiger partial charge in [0, 0.05) is 12.6 Å². The number of amides is 1. The van der Waals surface area contributed by atoms with E-state index in [0.29, 0.717) is 11.0 Å². The largest absolute Gasteiger partial charge is 0.392 e. The Morgan fingerprint density at radius 3 is 2.47 bits per heavy atom. The molecule has 2 fully saturated rings. The van der Waals surface area contributed by atoms with Crippen LogP contribution in [0.1, 0.15) is 46.0 Å². The van der Waals surface area contributed by atoms with E-state index in [1.807, 2.05) is 4.90 Å². The smallest absolute Gasteiger partial charge is 0.235 e. The van der Waals surface area contributed by atoms with Gasteiger partial charge in [0.25, 0.3) is 0 Å². The third kappa shape index (κ3) is 2.07. The number of carbonyl (C=O) groups is 1. The summed E-state index contributed by atoms with van der Waals surface area (Å²) in [5, 5.41) is 0. The number of piperidine rings is 1. The first-order valence-corrected chi connectivity index (χ1v) is 6.99. The third-order valence-corrected chi connectivity index (χ3v) is 4.88. The van der Waals surface area contributed by atoms with Gasteiger partial charge in [0.15, 0.2) is 0 Å². The Bertz CT molecular complexity index is 338. The van der Waals surface area contributed by atoms with Gasteiger partial charge in [0.1, 0.15) is 0 Å². The van der Waals surface area contributed by atoms with Gasteiger partial charge in [-0.25, -0.2) is 0 Å². The summed E-state index contributed by atoms with van der Waals surface area (Å²) >= 11 is 5.12. The molecule has 96 valence electrons. The molecular formula is C13H22N2OS. The van der Waals surface area contributed by atoms with Crippen molar-refractivity contribution in [3.63, 3.8) is 0 Å². The lowest BCUT2D eigenvalue weighted by Gasteiger charge is -2.46. The highest BCUT2D eigenvalue weighted by Gasteiger charge is 2.50. The second-order valence-electron chi connectivity index (χ2n) is 5.78. The quantitative estimate of drug-likeness (QED) is 0.768. The van der Waals surface area contributed by atoms with E-state index in [1.54, 1.807) is 0 Å². The summed E-state index contributed by atoms with van der Waals surface area (Å²) in [6, 6.07) is 0.332. The van der Waals surface area contributed by atoms with Crippen LogP contribution >= 0.6 is 12.2 Å². The van der Waals surface area contributed by atoms with Crippen LogP contribution in [0.25, 0.3) is 0 Å². The molecule has 1 aliphatic carbocycles. The first kappa shape index (κ1) is 12.8. The predicted molar refractivity (Wildman–Crippen MR) is 72.6 cm³/mol. The van der Waals surface area contributed by atoms with Gasteiger partial charge >= 0.3 is 0 Å². The molecule has 1 amide bonds. The van der Waals surface area contributed by atoms with Crippen LogP contribution in [0, 0.1) is 11.3 Å². The van der Waals surface area contributed by atoms with Crippen molar-refractivity contribution in [1.29, 1.82) is 0 Å². The fourth-order valence-electron chi connectivity index (χ4n) is 3.08. The van der Waals surface area contributed by atoms with Gasteiger partial charge in [-0.15, -0.1) is 0 Å². The van der Waals surface area contributed by atoms with Crippen LogP contribution in [0.15, 0.2) is 0 Å². The Hall–Kier alpha value is -0.640. The number of carbonyl (C=O) groups excluding carboxylic acids is 1. The van der Waals surface area contributed by atoms with E-state index in [9.17, 15) is 4.79 Å². The number of nitrogens with two attached hydrogens (primary N) is 1. The summed E-state index contributed by atoms with van der Waals surface area (Å²) in [4.78, 5) is 15.0. The molecule has 0 aromatic heterocycles. The first-order chi connectivity index (χ1) is 7.97. The Labute approximate surface area is 109 Å². The Kier molecular flexibility index (Phi) is 3.43. The summed E-state index contributed by atoms with van der Waals surface area (Å²) in [6.45, 7) is 5.26. The summed E-state index contributed by atoms with van der Waals surface area (Å²) < 4.78 is 0. The van der Waals surface area contributed by atoms with Gasteiger partial charge < -0.3 is 10.6 Å². The Morgan fingerprint density at radius 1 is 1.41 bits per heavy atom. The zero-order valence-electron chi connectivity index (χ0n) is 10.7.